The van der Waals surface area contributed by atoms with Gasteiger partial charge in [0.15, 0.2) is 0 Å². The lowest BCUT2D eigenvalue weighted by Gasteiger charge is -2.37. The molecule has 0 spiro atoms. The van der Waals surface area contributed by atoms with Crippen LogP contribution in [0, 0.1) is 11.3 Å². The van der Waals surface area contributed by atoms with E-state index in [4.69, 9.17) is 17.3 Å². The van der Waals surface area contributed by atoms with Crippen LogP contribution in [0.3, 0.4) is 0 Å². The highest BCUT2D eigenvalue weighted by Crippen LogP contribution is 2.43. The predicted octanol–water partition coefficient (Wildman–Crippen LogP) is 4.33. The molecule has 0 saturated heterocycles. The van der Waals surface area contributed by atoms with Crippen LogP contribution in [-0.4, -0.2) is 9.78 Å². The first kappa shape index (κ1) is 14.9. The summed E-state index contributed by atoms with van der Waals surface area (Å²) in [5.74, 6) is 0.528. The number of hydrogen-bond donors (Lipinski definition) is 1. The zero-order chi connectivity index (χ0) is 14.2. The summed E-state index contributed by atoms with van der Waals surface area (Å²) in [5, 5.41) is 5.08. The number of nitrogens with zero attached hydrogens (tertiary/aromatic N) is 2. The Hall–Kier alpha value is -0.540. The first-order valence-electron chi connectivity index (χ1n) is 7.30. The average molecular weight is 284 g/mol. The highest BCUT2D eigenvalue weighted by molar-refractivity contribution is 6.31. The minimum Gasteiger partial charge on any atom is -0.322 e. The topological polar surface area (TPSA) is 43.8 Å². The Kier molecular flexibility index (Phi) is 4.26. The maximum absolute atomic E-state index is 6.50. The van der Waals surface area contributed by atoms with E-state index in [1.807, 2.05) is 4.68 Å². The summed E-state index contributed by atoms with van der Waals surface area (Å²) in [6.45, 7) is 8.92. The molecule has 1 unspecified atom stereocenters. The van der Waals surface area contributed by atoms with Crippen LogP contribution in [0.15, 0.2) is 6.20 Å². The Balaban J connectivity index is 2.16. The molecule has 0 amide bonds. The van der Waals surface area contributed by atoms with Gasteiger partial charge in [0.1, 0.15) is 0 Å². The van der Waals surface area contributed by atoms with Gasteiger partial charge in [0.25, 0.3) is 0 Å². The molecule has 108 valence electrons. The third-order valence-corrected chi connectivity index (χ3v) is 4.77. The van der Waals surface area contributed by atoms with E-state index in [2.05, 4.69) is 32.8 Å². The average Bonchev–Trinajstić information content (AvgIpc) is 2.70. The van der Waals surface area contributed by atoms with E-state index in [1.165, 1.54) is 25.7 Å². The maximum Gasteiger partial charge on any atom is 0.0834 e. The number of halogens is 1. The largest absolute Gasteiger partial charge is 0.322 e. The smallest absolute Gasteiger partial charge is 0.0834 e. The Labute approximate surface area is 121 Å². The van der Waals surface area contributed by atoms with Crippen LogP contribution < -0.4 is 5.73 Å². The third kappa shape index (κ3) is 3.14. The zero-order valence-corrected chi connectivity index (χ0v) is 13.2. The Morgan fingerprint density at radius 3 is 2.47 bits per heavy atom. The summed E-state index contributed by atoms with van der Waals surface area (Å²) >= 11 is 6.30. The van der Waals surface area contributed by atoms with Gasteiger partial charge in [-0.3, -0.25) is 4.68 Å². The molecule has 1 atom stereocenters. The lowest BCUT2D eigenvalue weighted by molar-refractivity contribution is 0.170. The number of hydrogen-bond acceptors (Lipinski definition) is 2. The normalized spacial score (nSPS) is 21.8. The van der Waals surface area contributed by atoms with Crippen molar-refractivity contribution < 1.29 is 0 Å². The van der Waals surface area contributed by atoms with Crippen LogP contribution in [0.5, 0.6) is 0 Å². The van der Waals surface area contributed by atoms with Gasteiger partial charge in [-0.05, 0) is 50.9 Å². The van der Waals surface area contributed by atoms with Crippen molar-refractivity contribution in [1.82, 2.24) is 9.78 Å². The van der Waals surface area contributed by atoms with Gasteiger partial charge < -0.3 is 5.73 Å². The van der Waals surface area contributed by atoms with Gasteiger partial charge in [0.05, 0.1) is 23.0 Å². The van der Waals surface area contributed by atoms with Crippen molar-refractivity contribution in [1.29, 1.82) is 0 Å². The summed E-state index contributed by atoms with van der Waals surface area (Å²) in [7, 11) is 0. The Morgan fingerprint density at radius 2 is 1.95 bits per heavy atom. The van der Waals surface area contributed by atoms with E-state index in [1.54, 1.807) is 6.20 Å². The first-order valence-corrected chi connectivity index (χ1v) is 7.68. The molecule has 0 radical (unpaired) electrons. The van der Waals surface area contributed by atoms with Crippen molar-refractivity contribution in [2.24, 2.45) is 17.1 Å². The van der Waals surface area contributed by atoms with E-state index >= 15 is 0 Å². The molecule has 19 heavy (non-hydrogen) atoms. The molecule has 3 nitrogen and oxygen atoms in total. The highest BCUT2D eigenvalue weighted by Gasteiger charge is 2.32. The number of aromatic nitrogens is 2. The molecule has 0 bridgehead atoms. The van der Waals surface area contributed by atoms with Gasteiger partial charge in [0, 0.05) is 6.04 Å². The molecule has 2 rings (SSSR count). The molecule has 2 N–H and O–H groups in total. The fourth-order valence-corrected chi connectivity index (χ4v) is 3.33. The molecular formula is C15H26ClN3. The Morgan fingerprint density at radius 1 is 1.37 bits per heavy atom. The first-order chi connectivity index (χ1) is 8.82. The van der Waals surface area contributed by atoms with Crippen LogP contribution in [0.1, 0.15) is 71.2 Å². The SMILES string of the molecule is CC(C)n1ncc(Cl)c1C(N)C1CCC(C)(C)CC1. The highest BCUT2D eigenvalue weighted by atomic mass is 35.5. The van der Waals surface area contributed by atoms with Crippen molar-refractivity contribution in [2.75, 3.05) is 0 Å². The van der Waals surface area contributed by atoms with Gasteiger partial charge in [-0.1, -0.05) is 25.4 Å². The molecule has 1 fully saturated rings. The zero-order valence-electron chi connectivity index (χ0n) is 12.5. The quantitative estimate of drug-likeness (QED) is 0.897. The lowest BCUT2D eigenvalue weighted by Crippen LogP contribution is -2.31. The van der Waals surface area contributed by atoms with Crippen LogP contribution in [0.4, 0.5) is 0 Å². The van der Waals surface area contributed by atoms with Crippen molar-refractivity contribution in [3.63, 3.8) is 0 Å². The molecule has 1 heterocycles. The lowest BCUT2D eigenvalue weighted by atomic mass is 9.71. The maximum atomic E-state index is 6.50. The van der Waals surface area contributed by atoms with Crippen LogP contribution in [-0.2, 0) is 0 Å². The number of nitrogens with two attached hydrogens (primary N) is 1. The monoisotopic (exact) mass is 283 g/mol. The van der Waals surface area contributed by atoms with Gasteiger partial charge in [-0.25, -0.2) is 0 Å². The molecule has 1 aromatic heterocycles. The fourth-order valence-electron chi connectivity index (χ4n) is 3.08. The molecule has 0 aromatic carbocycles. The van der Waals surface area contributed by atoms with E-state index in [0.29, 0.717) is 22.4 Å². The summed E-state index contributed by atoms with van der Waals surface area (Å²) < 4.78 is 1.98. The van der Waals surface area contributed by atoms with Crippen molar-refractivity contribution in [2.45, 2.75) is 65.5 Å². The van der Waals surface area contributed by atoms with Crippen LogP contribution in [0.25, 0.3) is 0 Å². The summed E-state index contributed by atoms with van der Waals surface area (Å²) in [6, 6.07) is 0.307. The second-order valence-corrected chi connectivity index (χ2v) is 7.35. The Bertz CT molecular complexity index is 427. The second kappa shape index (κ2) is 5.45. The fraction of sp³-hybridized carbons (Fsp3) is 0.800. The molecular weight excluding hydrogens is 258 g/mol. The van der Waals surface area contributed by atoms with E-state index < -0.39 is 0 Å². The van der Waals surface area contributed by atoms with Crippen LogP contribution in [0.2, 0.25) is 5.02 Å². The van der Waals surface area contributed by atoms with Gasteiger partial charge in [-0.2, -0.15) is 5.10 Å². The predicted molar refractivity (Wildman–Crippen MR) is 80.3 cm³/mol. The van der Waals surface area contributed by atoms with Crippen LogP contribution >= 0.6 is 11.6 Å². The standard InChI is InChI=1S/C15H26ClN3/c1-10(2)19-14(12(16)9-18-19)13(17)11-5-7-15(3,4)8-6-11/h9-11,13H,5-8,17H2,1-4H3. The summed E-state index contributed by atoms with van der Waals surface area (Å²) in [5.41, 5.74) is 7.98. The van der Waals surface area contributed by atoms with Gasteiger partial charge in [0.2, 0.25) is 0 Å². The summed E-state index contributed by atoms with van der Waals surface area (Å²) in [6.07, 6.45) is 6.60. The van der Waals surface area contributed by atoms with Crippen molar-refractivity contribution >= 4 is 11.6 Å². The van der Waals surface area contributed by atoms with Crippen molar-refractivity contribution in [3.8, 4) is 0 Å². The van der Waals surface area contributed by atoms with Gasteiger partial charge >= 0.3 is 0 Å². The van der Waals surface area contributed by atoms with Gasteiger partial charge in [-0.15, -0.1) is 0 Å². The minimum atomic E-state index is 0.00787. The molecule has 1 aliphatic carbocycles. The van der Waals surface area contributed by atoms with E-state index in [-0.39, 0.29) is 6.04 Å². The number of rotatable bonds is 3. The molecule has 1 saturated carbocycles. The minimum absolute atomic E-state index is 0.00787. The third-order valence-electron chi connectivity index (χ3n) is 4.48. The molecule has 1 aliphatic rings. The van der Waals surface area contributed by atoms with E-state index in [0.717, 1.165) is 5.69 Å². The summed E-state index contributed by atoms with van der Waals surface area (Å²) in [4.78, 5) is 0. The molecule has 4 heteroatoms. The molecule has 1 aromatic rings. The van der Waals surface area contributed by atoms with E-state index in [9.17, 15) is 0 Å². The second-order valence-electron chi connectivity index (χ2n) is 6.94. The molecule has 0 aliphatic heterocycles. The van der Waals surface area contributed by atoms with Crippen molar-refractivity contribution in [3.05, 3.63) is 16.9 Å².